The lowest BCUT2D eigenvalue weighted by Gasteiger charge is -2.48. The average molecular weight is 310 g/mol. The number of aliphatic hydroxyl groups is 1. The van der Waals surface area contributed by atoms with Crippen LogP contribution in [-0.2, 0) is 0 Å². The van der Waals surface area contributed by atoms with Gasteiger partial charge in [-0.1, -0.05) is 40.9 Å². The fourth-order valence-corrected chi connectivity index (χ4v) is 3.91. The van der Waals surface area contributed by atoms with E-state index >= 15 is 0 Å². The Morgan fingerprint density at radius 3 is 2.72 bits per heavy atom. The maximum absolute atomic E-state index is 10.8. The van der Waals surface area contributed by atoms with Crippen LogP contribution in [0.15, 0.2) is 28.7 Å². The predicted octanol–water partition coefficient (Wildman–Crippen LogP) is 3.40. The number of halogens is 1. The Labute approximate surface area is 117 Å². The maximum Gasteiger partial charge on any atom is 0.0706 e. The summed E-state index contributed by atoms with van der Waals surface area (Å²) in [6.07, 6.45) is 5.46. The first kappa shape index (κ1) is 12.6. The third kappa shape index (κ3) is 2.24. The van der Waals surface area contributed by atoms with Crippen molar-refractivity contribution in [2.45, 2.75) is 43.7 Å². The van der Waals surface area contributed by atoms with E-state index in [1.807, 2.05) is 0 Å². The number of benzene rings is 1. The minimum atomic E-state index is -0.429. The summed E-state index contributed by atoms with van der Waals surface area (Å²) in [4.78, 5) is 0. The van der Waals surface area contributed by atoms with E-state index in [1.165, 1.54) is 18.4 Å². The average Bonchev–Trinajstić information content (AvgIpc) is 2.38. The van der Waals surface area contributed by atoms with Crippen molar-refractivity contribution in [3.63, 3.8) is 0 Å². The van der Waals surface area contributed by atoms with Gasteiger partial charge in [-0.2, -0.15) is 0 Å². The molecule has 98 valence electrons. The molecule has 0 aromatic heterocycles. The van der Waals surface area contributed by atoms with Crippen molar-refractivity contribution in [2.24, 2.45) is 5.92 Å². The van der Waals surface area contributed by atoms with Gasteiger partial charge in [0.25, 0.3) is 0 Å². The zero-order valence-electron chi connectivity index (χ0n) is 10.5. The molecule has 0 bridgehead atoms. The molecular weight excluding hydrogens is 290 g/mol. The Kier molecular flexibility index (Phi) is 3.48. The smallest absolute Gasteiger partial charge is 0.0706 e. The monoisotopic (exact) mass is 309 g/mol. The summed E-state index contributed by atoms with van der Waals surface area (Å²) in [6.45, 7) is 0.924. The van der Waals surface area contributed by atoms with E-state index in [9.17, 15) is 5.11 Å². The lowest BCUT2D eigenvalue weighted by molar-refractivity contribution is -0.0861. The van der Waals surface area contributed by atoms with Gasteiger partial charge in [0.1, 0.15) is 0 Å². The fraction of sp³-hybridized carbons (Fsp3) is 0.600. The molecule has 2 aliphatic rings. The highest BCUT2D eigenvalue weighted by atomic mass is 79.9. The molecule has 3 atom stereocenters. The molecule has 0 spiro atoms. The predicted molar refractivity (Wildman–Crippen MR) is 76.4 cm³/mol. The molecule has 3 heteroatoms. The third-order valence-corrected chi connectivity index (χ3v) is 5.15. The normalized spacial score (nSPS) is 36.1. The molecule has 1 aliphatic carbocycles. The fourth-order valence-electron chi connectivity index (χ4n) is 3.64. The molecule has 1 saturated heterocycles. The summed E-state index contributed by atoms with van der Waals surface area (Å²) in [5.74, 6) is 0.376. The highest BCUT2D eigenvalue weighted by molar-refractivity contribution is 9.10. The molecule has 1 aliphatic heterocycles. The van der Waals surface area contributed by atoms with Crippen LogP contribution in [0.4, 0.5) is 0 Å². The summed E-state index contributed by atoms with van der Waals surface area (Å²) in [6, 6.07) is 8.84. The summed E-state index contributed by atoms with van der Waals surface area (Å²) < 4.78 is 1.11. The number of hydrogen-bond acceptors (Lipinski definition) is 2. The first-order chi connectivity index (χ1) is 8.69. The summed E-state index contributed by atoms with van der Waals surface area (Å²) in [7, 11) is 0. The number of fused-ring (bicyclic) bond motifs is 1. The minimum absolute atomic E-state index is 0.317. The molecular formula is C15H20BrNO. The van der Waals surface area contributed by atoms with Gasteiger partial charge in [0.2, 0.25) is 0 Å². The molecule has 0 radical (unpaired) electrons. The van der Waals surface area contributed by atoms with Gasteiger partial charge in [-0.25, -0.2) is 0 Å². The maximum atomic E-state index is 10.8. The van der Waals surface area contributed by atoms with Crippen LogP contribution in [0.3, 0.4) is 0 Å². The SMILES string of the molecule is O[C@@]12CCCC[C@@H]1[C@H](c1ccc(Br)cc1)NCC2. The molecule has 2 nitrogen and oxygen atoms in total. The lowest BCUT2D eigenvalue weighted by Crippen LogP contribution is -2.53. The Hall–Kier alpha value is -0.380. The van der Waals surface area contributed by atoms with Crippen molar-refractivity contribution in [1.82, 2.24) is 5.32 Å². The molecule has 18 heavy (non-hydrogen) atoms. The van der Waals surface area contributed by atoms with Crippen molar-refractivity contribution in [3.05, 3.63) is 34.3 Å². The van der Waals surface area contributed by atoms with Crippen LogP contribution in [0.25, 0.3) is 0 Å². The van der Waals surface area contributed by atoms with Gasteiger partial charge in [-0.15, -0.1) is 0 Å². The van der Waals surface area contributed by atoms with Crippen LogP contribution < -0.4 is 5.32 Å². The van der Waals surface area contributed by atoms with E-state index in [-0.39, 0.29) is 0 Å². The van der Waals surface area contributed by atoms with Gasteiger partial charge in [0.15, 0.2) is 0 Å². The standard InChI is InChI=1S/C15H20BrNO/c16-12-6-4-11(5-7-12)14-13-3-1-2-8-15(13,18)9-10-17-14/h4-7,13-14,17-18H,1-3,8-10H2/t13-,14+,15-/m1/s1. The van der Waals surface area contributed by atoms with Crippen LogP contribution in [0, 0.1) is 5.92 Å². The Morgan fingerprint density at radius 2 is 1.94 bits per heavy atom. The van der Waals surface area contributed by atoms with E-state index < -0.39 is 5.60 Å². The van der Waals surface area contributed by atoms with Gasteiger partial charge < -0.3 is 10.4 Å². The van der Waals surface area contributed by atoms with Gasteiger partial charge in [0, 0.05) is 16.4 Å². The zero-order chi connectivity index (χ0) is 12.6. The molecule has 2 fully saturated rings. The van der Waals surface area contributed by atoms with Crippen LogP contribution in [0.5, 0.6) is 0 Å². The van der Waals surface area contributed by atoms with Crippen molar-refractivity contribution in [1.29, 1.82) is 0 Å². The van der Waals surface area contributed by atoms with Crippen LogP contribution in [-0.4, -0.2) is 17.3 Å². The minimum Gasteiger partial charge on any atom is -0.389 e. The van der Waals surface area contributed by atoms with E-state index in [4.69, 9.17) is 0 Å². The Bertz CT molecular complexity index is 415. The highest BCUT2D eigenvalue weighted by Crippen LogP contribution is 2.45. The lowest BCUT2D eigenvalue weighted by atomic mass is 9.67. The Balaban J connectivity index is 1.88. The largest absolute Gasteiger partial charge is 0.389 e. The van der Waals surface area contributed by atoms with Gasteiger partial charge in [-0.3, -0.25) is 0 Å². The second-order valence-corrected chi connectivity index (χ2v) is 6.60. The van der Waals surface area contributed by atoms with E-state index in [1.54, 1.807) is 0 Å². The van der Waals surface area contributed by atoms with Gasteiger partial charge >= 0.3 is 0 Å². The molecule has 1 aromatic rings. The molecule has 1 heterocycles. The molecule has 0 unspecified atom stereocenters. The van der Waals surface area contributed by atoms with Crippen LogP contribution in [0.1, 0.15) is 43.7 Å². The first-order valence-electron chi connectivity index (χ1n) is 6.90. The molecule has 3 rings (SSSR count). The first-order valence-corrected chi connectivity index (χ1v) is 7.70. The van der Waals surface area contributed by atoms with Gasteiger partial charge in [-0.05, 0) is 43.5 Å². The summed E-state index contributed by atoms with van der Waals surface area (Å²) >= 11 is 3.48. The van der Waals surface area contributed by atoms with Crippen molar-refractivity contribution in [3.8, 4) is 0 Å². The summed E-state index contributed by atoms with van der Waals surface area (Å²) in [5.41, 5.74) is 0.879. The molecule has 2 N–H and O–H groups in total. The van der Waals surface area contributed by atoms with Crippen LogP contribution in [0.2, 0.25) is 0 Å². The summed E-state index contributed by atoms with van der Waals surface area (Å²) in [5, 5.41) is 14.4. The Morgan fingerprint density at radius 1 is 1.17 bits per heavy atom. The van der Waals surface area contributed by atoms with Crippen molar-refractivity contribution < 1.29 is 5.11 Å². The molecule has 1 aromatic carbocycles. The number of hydrogen-bond donors (Lipinski definition) is 2. The topological polar surface area (TPSA) is 32.3 Å². The van der Waals surface area contributed by atoms with E-state index in [2.05, 4.69) is 45.5 Å². The number of rotatable bonds is 1. The van der Waals surface area contributed by atoms with Crippen LogP contribution >= 0.6 is 15.9 Å². The number of piperidine rings is 1. The van der Waals surface area contributed by atoms with Gasteiger partial charge in [0.05, 0.1) is 5.60 Å². The molecule has 1 saturated carbocycles. The second-order valence-electron chi connectivity index (χ2n) is 5.69. The highest BCUT2D eigenvalue weighted by Gasteiger charge is 2.45. The zero-order valence-corrected chi connectivity index (χ0v) is 12.1. The van der Waals surface area contributed by atoms with Crippen molar-refractivity contribution >= 4 is 15.9 Å². The van der Waals surface area contributed by atoms with E-state index in [0.29, 0.717) is 12.0 Å². The van der Waals surface area contributed by atoms with E-state index in [0.717, 1.165) is 30.3 Å². The molecule has 0 amide bonds. The quantitative estimate of drug-likeness (QED) is 0.833. The second kappa shape index (κ2) is 4.95. The third-order valence-electron chi connectivity index (χ3n) is 4.62. The number of nitrogens with one attached hydrogen (secondary N) is 1. The van der Waals surface area contributed by atoms with Crippen molar-refractivity contribution in [2.75, 3.05) is 6.54 Å².